The van der Waals surface area contributed by atoms with E-state index in [-0.39, 0.29) is 5.78 Å². The predicted molar refractivity (Wildman–Crippen MR) is 97.5 cm³/mol. The molecule has 0 bridgehead atoms. The number of pyridine rings is 1. The fourth-order valence-electron chi connectivity index (χ4n) is 2.79. The number of carbonyl (C=O) groups excluding carboxylic acids is 1. The molecule has 2 N–H and O–H groups in total. The molecule has 118 valence electrons. The van der Waals surface area contributed by atoms with Crippen LogP contribution in [0.3, 0.4) is 0 Å². The lowest BCUT2D eigenvalue weighted by Crippen LogP contribution is -2.02. The van der Waals surface area contributed by atoms with Gasteiger partial charge in [0.25, 0.3) is 0 Å². The average molecular weight is 324 g/mol. The van der Waals surface area contributed by atoms with E-state index in [1.165, 1.54) is 16.9 Å². The minimum absolute atomic E-state index is 0.0298. The fraction of sp³-hybridized carbons (Fsp3) is 0.263. The normalized spacial score (nSPS) is 11.3. The van der Waals surface area contributed by atoms with Gasteiger partial charge in [-0.1, -0.05) is 38.1 Å². The smallest absolute Gasteiger partial charge is 0.205 e. The highest BCUT2D eigenvalue weighted by atomic mass is 32.1. The Morgan fingerprint density at radius 1 is 1.17 bits per heavy atom. The summed E-state index contributed by atoms with van der Waals surface area (Å²) in [5, 5.41) is 0.905. The first-order valence-electron chi connectivity index (χ1n) is 7.69. The third-order valence-electron chi connectivity index (χ3n) is 4.07. The highest BCUT2D eigenvalue weighted by Crippen LogP contribution is 2.36. The molecule has 0 fully saturated rings. The summed E-state index contributed by atoms with van der Waals surface area (Å²) in [7, 11) is 0. The van der Waals surface area contributed by atoms with Crippen LogP contribution in [0, 0.1) is 13.8 Å². The van der Waals surface area contributed by atoms with Gasteiger partial charge in [-0.3, -0.25) is 4.79 Å². The molecule has 3 rings (SSSR count). The molecule has 1 aromatic carbocycles. The molecule has 0 aliphatic carbocycles. The zero-order valence-electron chi connectivity index (χ0n) is 13.8. The number of anilines is 1. The summed E-state index contributed by atoms with van der Waals surface area (Å²) < 4.78 is 0. The standard InChI is InChI=1S/C19H20N2OS/c1-10(2)13-5-7-14(8-6-13)17(22)18-16(20)15-11(3)9-12(4)21-19(15)23-18/h5-10H,20H2,1-4H3. The number of hydrogen-bond donors (Lipinski definition) is 1. The highest BCUT2D eigenvalue weighted by Gasteiger charge is 2.20. The van der Waals surface area contributed by atoms with Crippen molar-refractivity contribution in [2.24, 2.45) is 0 Å². The number of nitrogen functional groups attached to an aromatic ring is 1. The quantitative estimate of drug-likeness (QED) is 0.701. The zero-order valence-corrected chi connectivity index (χ0v) is 14.6. The molecule has 0 saturated heterocycles. The van der Waals surface area contributed by atoms with Gasteiger partial charge >= 0.3 is 0 Å². The fourth-order valence-corrected chi connectivity index (χ4v) is 3.97. The number of rotatable bonds is 3. The molecule has 3 nitrogen and oxygen atoms in total. The van der Waals surface area contributed by atoms with E-state index in [9.17, 15) is 4.79 Å². The van der Waals surface area contributed by atoms with Crippen LogP contribution in [0.5, 0.6) is 0 Å². The highest BCUT2D eigenvalue weighted by molar-refractivity contribution is 7.21. The van der Waals surface area contributed by atoms with E-state index in [0.717, 1.165) is 21.5 Å². The zero-order chi connectivity index (χ0) is 16.7. The molecule has 0 aliphatic heterocycles. The van der Waals surface area contributed by atoms with Crippen LogP contribution in [-0.4, -0.2) is 10.8 Å². The molecule has 4 heteroatoms. The van der Waals surface area contributed by atoms with Crippen molar-refractivity contribution in [3.05, 3.63) is 57.6 Å². The Morgan fingerprint density at radius 2 is 1.83 bits per heavy atom. The summed E-state index contributed by atoms with van der Waals surface area (Å²) in [6.45, 7) is 8.23. The van der Waals surface area contributed by atoms with Gasteiger partial charge in [0.1, 0.15) is 9.71 Å². The van der Waals surface area contributed by atoms with Gasteiger partial charge in [0.15, 0.2) is 0 Å². The molecule has 3 aromatic rings. The van der Waals surface area contributed by atoms with Crippen LogP contribution in [0.2, 0.25) is 0 Å². The van der Waals surface area contributed by atoms with E-state index in [4.69, 9.17) is 5.73 Å². The first-order chi connectivity index (χ1) is 10.9. The molecule has 2 heterocycles. The molecule has 0 radical (unpaired) electrons. The molecule has 0 atom stereocenters. The summed E-state index contributed by atoms with van der Waals surface area (Å²) in [6, 6.07) is 9.78. The first kappa shape index (κ1) is 15.7. The van der Waals surface area contributed by atoms with Gasteiger partial charge in [0, 0.05) is 16.6 Å². The SMILES string of the molecule is Cc1cc(C)c2c(N)c(C(=O)c3ccc(C(C)C)cc3)sc2n1. The number of aromatic nitrogens is 1. The number of benzene rings is 1. The van der Waals surface area contributed by atoms with Crippen LogP contribution in [0.1, 0.15) is 51.8 Å². The number of fused-ring (bicyclic) bond motifs is 1. The number of carbonyl (C=O) groups is 1. The molecular weight excluding hydrogens is 304 g/mol. The summed E-state index contributed by atoms with van der Waals surface area (Å²) >= 11 is 1.38. The van der Waals surface area contributed by atoms with Crippen molar-refractivity contribution in [3.63, 3.8) is 0 Å². The minimum atomic E-state index is -0.0298. The number of ketones is 1. The van der Waals surface area contributed by atoms with Crippen LogP contribution in [-0.2, 0) is 0 Å². The third kappa shape index (κ3) is 2.75. The molecular formula is C19H20N2OS. The molecule has 0 spiro atoms. The van der Waals surface area contributed by atoms with E-state index in [1.54, 1.807) is 0 Å². The van der Waals surface area contributed by atoms with Crippen molar-refractivity contribution < 1.29 is 4.79 Å². The van der Waals surface area contributed by atoms with E-state index in [0.29, 0.717) is 22.0 Å². The minimum Gasteiger partial charge on any atom is -0.397 e. The van der Waals surface area contributed by atoms with Crippen molar-refractivity contribution in [1.29, 1.82) is 0 Å². The van der Waals surface area contributed by atoms with E-state index < -0.39 is 0 Å². The van der Waals surface area contributed by atoms with Crippen molar-refractivity contribution >= 4 is 33.0 Å². The van der Waals surface area contributed by atoms with Crippen molar-refractivity contribution in [3.8, 4) is 0 Å². The van der Waals surface area contributed by atoms with Gasteiger partial charge in [-0.2, -0.15) is 0 Å². The lowest BCUT2D eigenvalue weighted by molar-refractivity contribution is 0.104. The van der Waals surface area contributed by atoms with Gasteiger partial charge in [0.2, 0.25) is 5.78 Å². The summed E-state index contributed by atoms with van der Waals surface area (Å²) in [5.41, 5.74) is 10.7. The Hall–Kier alpha value is -2.20. The number of aryl methyl sites for hydroxylation is 2. The molecule has 0 unspecified atom stereocenters. The predicted octanol–water partition coefficient (Wildman–Crippen LogP) is 4.85. The van der Waals surface area contributed by atoms with Gasteiger partial charge in [-0.05, 0) is 37.0 Å². The summed E-state index contributed by atoms with van der Waals surface area (Å²) in [4.78, 5) is 18.8. The molecule has 0 amide bonds. The third-order valence-corrected chi connectivity index (χ3v) is 5.17. The van der Waals surface area contributed by atoms with Gasteiger partial charge in [-0.15, -0.1) is 11.3 Å². The number of hydrogen-bond acceptors (Lipinski definition) is 4. The summed E-state index contributed by atoms with van der Waals surface area (Å²) in [6.07, 6.45) is 0. The van der Waals surface area contributed by atoms with E-state index in [2.05, 4.69) is 18.8 Å². The Kier molecular flexibility index (Phi) is 3.94. The number of nitrogens with zero attached hydrogens (tertiary/aromatic N) is 1. The Balaban J connectivity index is 2.07. The topological polar surface area (TPSA) is 56.0 Å². The second kappa shape index (κ2) is 5.78. The maximum absolute atomic E-state index is 12.8. The van der Waals surface area contributed by atoms with Crippen molar-refractivity contribution in [1.82, 2.24) is 4.98 Å². The van der Waals surface area contributed by atoms with Crippen molar-refractivity contribution in [2.75, 3.05) is 5.73 Å². The maximum atomic E-state index is 12.8. The number of nitrogens with two attached hydrogens (primary N) is 1. The second-order valence-electron chi connectivity index (χ2n) is 6.21. The monoisotopic (exact) mass is 324 g/mol. The van der Waals surface area contributed by atoms with Gasteiger partial charge in [0.05, 0.1) is 5.69 Å². The maximum Gasteiger partial charge on any atom is 0.205 e. The average Bonchev–Trinajstić information content (AvgIpc) is 2.83. The molecule has 2 aromatic heterocycles. The molecule has 0 saturated carbocycles. The Bertz CT molecular complexity index is 892. The van der Waals surface area contributed by atoms with Crippen LogP contribution in [0.4, 0.5) is 5.69 Å². The Morgan fingerprint density at radius 3 is 2.43 bits per heavy atom. The van der Waals surface area contributed by atoms with Crippen LogP contribution in [0.25, 0.3) is 10.2 Å². The second-order valence-corrected chi connectivity index (χ2v) is 7.21. The largest absolute Gasteiger partial charge is 0.397 e. The van der Waals surface area contributed by atoms with Gasteiger partial charge in [-0.25, -0.2) is 4.98 Å². The van der Waals surface area contributed by atoms with Crippen LogP contribution in [0.15, 0.2) is 30.3 Å². The lowest BCUT2D eigenvalue weighted by Gasteiger charge is -2.06. The van der Waals surface area contributed by atoms with Crippen molar-refractivity contribution in [2.45, 2.75) is 33.6 Å². The lowest BCUT2D eigenvalue weighted by atomic mass is 9.99. The number of thiophene rings is 1. The van der Waals surface area contributed by atoms with E-state index in [1.807, 2.05) is 44.2 Å². The van der Waals surface area contributed by atoms with Crippen LogP contribution >= 0.6 is 11.3 Å². The van der Waals surface area contributed by atoms with Gasteiger partial charge < -0.3 is 5.73 Å². The van der Waals surface area contributed by atoms with E-state index >= 15 is 0 Å². The van der Waals surface area contributed by atoms with Crippen LogP contribution < -0.4 is 5.73 Å². The Labute approximate surface area is 140 Å². The molecule has 0 aliphatic rings. The summed E-state index contributed by atoms with van der Waals surface area (Å²) in [5.74, 6) is 0.418. The first-order valence-corrected chi connectivity index (χ1v) is 8.51. The molecule has 23 heavy (non-hydrogen) atoms.